The van der Waals surface area contributed by atoms with Crippen molar-refractivity contribution in [3.8, 4) is 0 Å². The van der Waals surface area contributed by atoms with Gasteiger partial charge in [-0.25, -0.2) is 0 Å². The highest BCUT2D eigenvalue weighted by Gasteiger charge is 2.28. The number of aliphatic hydroxyl groups excluding tert-OH is 1. The smallest absolute Gasteiger partial charge is 0.228 e. The van der Waals surface area contributed by atoms with Crippen LogP contribution in [0, 0.1) is 5.92 Å². The SMILES string of the molecule is [N-]=[N+]=NCC(=O)N1CC(CO)C1. The molecule has 0 bridgehead atoms. The van der Waals surface area contributed by atoms with Crippen LogP contribution in [0.25, 0.3) is 10.4 Å². The van der Waals surface area contributed by atoms with E-state index < -0.39 is 0 Å². The molecule has 1 fully saturated rings. The first-order chi connectivity index (χ1) is 5.77. The summed E-state index contributed by atoms with van der Waals surface area (Å²) in [6, 6.07) is 0. The van der Waals surface area contributed by atoms with Crippen LogP contribution in [0.3, 0.4) is 0 Å². The summed E-state index contributed by atoms with van der Waals surface area (Å²) in [5.41, 5.74) is 7.93. The molecule has 1 heterocycles. The van der Waals surface area contributed by atoms with Gasteiger partial charge >= 0.3 is 0 Å². The Bertz CT molecular complexity index is 218. The molecule has 12 heavy (non-hydrogen) atoms. The molecule has 0 aromatic heterocycles. The number of azide groups is 1. The summed E-state index contributed by atoms with van der Waals surface area (Å²) < 4.78 is 0. The average molecular weight is 170 g/mol. The molecule has 0 atom stereocenters. The van der Waals surface area contributed by atoms with E-state index in [9.17, 15) is 4.79 Å². The minimum atomic E-state index is -0.169. The fraction of sp³-hybridized carbons (Fsp3) is 0.833. The number of likely N-dealkylation sites (tertiary alicyclic amines) is 1. The number of carbonyl (C=O) groups is 1. The first-order valence-electron chi connectivity index (χ1n) is 3.67. The molecule has 1 N–H and O–H groups in total. The van der Waals surface area contributed by atoms with Gasteiger partial charge in [-0.2, -0.15) is 0 Å². The van der Waals surface area contributed by atoms with E-state index in [-0.39, 0.29) is 25.0 Å². The summed E-state index contributed by atoms with van der Waals surface area (Å²) >= 11 is 0. The number of rotatable bonds is 3. The average Bonchev–Trinajstić information content (AvgIpc) is 1.99. The topological polar surface area (TPSA) is 89.3 Å². The highest BCUT2D eigenvalue weighted by molar-refractivity contribution is 5.79. The number of amides is 1. The van der Waals surface area contributed by atoms with Crippen LogP contribution in [0.2, 0.25) is 0 Å². The zero-order valence-electron chi connectivity index (χ0n) is 6.55. The van der Waals surface area contributed by atoms with E-state index >= 15 is 0 Å². The van der Waals surface area contributed by atoms with Gasteiger partial charge in [0.1, 0.15) is 6.54 Å². The largest absolute Gasteiger partial charge is 0.396 e. The minimum absolute atomic E-state index is 0.116. The summed E-state index contributed by atoms with van der Waals surface area (Å²) in [5, 5.41) is 11.8. The molecule has 1 aliphatic heterocycles. The van der Waals surface area contributed by atoms with Gasteiger partial charge in [-0.15, -0.1) is 0 Å². The molecule has 0 aliphatic carbocycles. The van der Waals surface area contributed by atoms with Gasteiger partial charge < -0.3 is 10.0 Å². The molecular formula is C6H10N4O2. The molecule has 0 aromatic carbocycles. The Morgan fingerprint density at radius 2 is 2.42 bits per heavy atom. The Hall–Kier alpha value is -1.26. The fourth-order valence-corrected chi connectivity index (χ4v) is 1.08. The molecule has 1 rings (SSSR count). The predicted octanol–water partition coefficient (Wildman–Crippen LogP) is -0.253. The number of carbonyl (C=O) groups excluding carboxylic acids is 1. The van der Waals surface area contributed by atoms with E-state index in [1.807, 2.05) is 0 Å². The Kier molecular flexibility index (Phi) is 2.90. The quantitative estimate of drug-likeness (QED) is 0.359. The molecule has 0 radical (unpaired) electrons. The van der Waals surface area contributed by atoms with Crippen LogP contribution in [0.1, 0.15) is 0 Å². The molecule has 0 spiro atoms. The van der Waals surface area contributed by atoms with Crippen molar-refractivity contribution in [3.63, 3.8) is 0 Å². The van der Waals surface area contributed by atoms with Gasteiger partial charge in [0.15, 0.2) is 0 Å². The molecule has 0 unspecified atom stereocenters. The molecular weight excluding hydrogens is 160 g/mol. The summed E-state index contributed by atoms with van der Waals surface area (Å²) in [6.07, 6.45) is 0. The zero-order chi connectivity index (χ0) is 8.97. The molecule has 6 nitrogen and oxygen atoms in total. The van der Waals surface area contributed by atoms with Gasteiger partial charge in [-0.1, -0.05) is 5.11 Å². The molecule has 1 saturated heterocycles. The van der Waals surface area contributed by atoms with Gasteiger partial charge in [0, 0.05) is 30.5 Å². The summed E-state index contributed by atoms with van der Waals surface area (Å²) in [4.78, 5) is 15.1. The Morgan fingerprint density at radius 1 is 1.75 bits per heavy atom. The first kappa shape index (κ1) is 8.83. The maximum atomic E-state index is 11.0. The Morgan fingerprint density at radius 3 is 2.92 bits per heavy atom. The van der Waals surface area contributed by atoms with Gasteiger partial charge in [-0.05, 0) is 5.53 Å². The van der Waals surface area contributed by atoms with Crippen LogP contribution in [0.4, 0.5) is 0 Å². The summed E-state index contributed by atoms with van der Waals surface area (Å²) in [5.74, 6) is 0.0394. The molecule has 0 saturated carbocycles. The fourth-order valence-electron chi connectivity index (χ4n) is 1.08. The van der Waals surface area contributed by atoms with Crippen molar-refractivity contribution in [1.82, 2.24) is 4.90 Å². The van der Waals surface area contributed by atoms with Crippen molar-refractivity contribution in [3.05, 3.63) is 10.4 Å². The lowest BCUT2D eigenvalue weighted by molar-refractivity contribution is -0.136. The standard InChI is InChI=1S/C6H10N4O2/c7-9-8-1-6(12)10-2-5(3-10)4-11/h5,11H,1-4H2. The third-order valence-corrected chi connectivity index (χ3v) is 1.84. The minimum Gasteiger partial charge on any atom is -0.396 e. The van der Waals surface area contributed by atoms with Gasteiger partial charge in [0.05, 0.1) is 0 Å². The van der Waals surface area contributed by atoms with E-state index in [0.717, 1.165) is 0 Å². The maximum Gasteiger partial charge on any atom is 0.228 e. The van der Waals surface area contributed by atoms with Crippen LogP contribution in [-0.4, -0.2) is 42.2 Å². The lowest BCUT2D eigenvalue weighted by atomic mass is 10.0. The molecule has 66 valence electrons. The monoisotopic (exact) mass is 170 g/mol. The van der Waals surface area contributed by atoms with Gasteiger partial charge in [0.2, 0.25) is 5.91 Å². The van der Waals surface area contributed by atoms with Crippen LogP contribution in [0.5, 0.6) is 0 Å². The van der Waals surface area contributed by atoms with Gasteiger partial charge in [0.25, 0.3) is 0 Å². The van der Waals surface area contributed by atoms with Crippen molar-refractivity contribution in [2.24, 2.45) is 11.0 Å². The molecule has 1 amide bonds. The second kappa shape index (κ2) is 3.94. The van der Waals surface area contributed by atoms with Crippen molar-refractivity contribution >= 4 is 5.91 Å². The van der Waals surface area contributed by atoms with Crippen LogP contribution < -0.4 is 0 Å². The molecule has 6 heteroatoms. The second-order valence-corrected chi connectivity index (χ2v) is 2.74. The lowest BCUT2D eigenvalue weighted by Gasteiger charge is -2.37. The van der Waals surface area contributed by atoms with Crippen LogP contribution >= 0.6 is 0 Å². The first-order valence-corrected chi connectivity index (χ1v) is 3.67. The highest BCUT2D eigenvalue weighted by atomic mass is 16.3. The lowest BCUT2D eigenvalue weighted by Crippen LogP contribution is -2.52. The normalized spacial score (nSPS) is 16.6. The predicted molar refractivity (Wildman–Crippen MR) is 41.2 cm³/mol. The van der Waals surface area contributed by atoms with E-state index in [1.165, 1.54) is 0 Å². The summed E-state index contributed by atoms with van der Waals surface area (Å²) in [6.45, 7) is 1.16. The Labute approximate surface area is 69.4 Å². The van der Waals surface area contributed by atoms with Crippen LogP contribution in [-0.2, 0) is 4.79 Å². The number of hydrogen-bond donors (Lipinski definition) is 1. The van der Waals surface area contributed by atoms with E-state index in [4.69, 9.17) is 10.6 Å². The van der Waals surface area contributed by atoms with E-state index in [1.54, 1.807) is 4.90 Å². The van der Waals surface area contributed by atoms with Crippen molar-refractivity contribution in [1.29, 1.82) is 0 Å². The number of aliphatic hydroxyl groups is 1. The van der Waals surface area contributed by atoms with E-state index in [0.29, 0.717) is 13.1 Å². The molecule has 1 aliphatic rings. The van der Waals surface area contributed by atoms with Gasteiger partial charge in [-0.3, -0.25) is 4.79 Å². The van der Waals surface area contributed by atoms with Crippen molar-refractivity contribution in [2.75, 3.05) is 26.2 Å². The number of hydrogen-bond acceptors (Lipinski definition) is 3. The Balaban J connectivity index is 2.23. The van der Waals surface area contributed by atoms with Crippen LogP contribution in [0.15, 0.2) is 5.11 Å². The third kappa shape index (κ3) is 1.87. The third-order valence-electron chi connectivity index (χ3n) is 1.84. The number of nitrogens with zero attached hydrogens (tertiary/aromatic N) is 4. The highest BCUT2D eigenvalue weighted by Crippen LogP contribution is 2.14. The molecule has 0 aromatic rings. The zero-order valence-corrected chi connectivity index (χ0v) is 6.55. The maximum absolute atomic E-state index is 11.0. The summed E-state index contributed by atoms with van der Waals surface area (Å²) in [7, 11) is 0. The van der Waals surface area contributed by atoms with Crippen molar-refractivity contribution in [2.45, 2.75) is 0 Å². The van der Waals surface area contributed by atoms with Crippen molar-refractivity contribution < 1.29 is 9.90 Å². The van der Waals surface area contributed by atoms with E-state index in [2.05, 4.69) is 10.0 Å². The second-order valence-electron chi connectivity index (χ2n) is 2.74.